The molecule has 2 aliphatic rings. The first-order valence-electron chi connectivity index (χ1n) is 7.14. The second kappa shape index (κ2) is 4.87. The van der Waals surface area contributed by atoms with Gasteiger partial charge in [0.2, 0.25) is 0 Å². The Labute approximate surface area is 124 Å². The Kier molecular flexibility index (Phi) is 3.48. The van der Waals surface area contributed by atoms with Gasteiger partial charge in [0.25, 0.3) is 0 Å². The van der Waals surface area contributed by atoms with Crippen molar-refractivity contribution < 1.29 is 0 Å². The van der Waals surface area contributed by atoms with Crippen LogP contribution in [0.4, 0.5) is 0 Å². The van der Waals surface area contributed by atoms with Gasteiger partial charge in [-0.3, -0.25) is 4.90 Å². The van der Waals surface area contributed by atoms with E-state index in [1.165, 1.54) is 29.5 Å². The van der Waals surface area contributed by atoms with Crippen molar-refractivity contribution in [1.29, 1.82) is 0 Å². The fraction of sp³-hybridized carbons (Fsp3) is 0.625. The lowest BCUT2D eigenvalue weighted by molar-refractivity contribution is -0.0237. The summed E-state index contributed by atoms with van der Waals surface area (Å²) in [6.07, 6.45) is 1.36. The standard InChI is InChI=1S/C16H23BrN2/c1-15-8-16(2,10-18-9-15)12-19(11-15)7-13-4-3-5-14(17)6-13/h3-6,18H,7-12H2,1-2H3. The van der Waals surface area contributed by atoms with Gasteiger partial charge in [-0.05, 0) is 34.9 Å². The van der Waals surface area contributed by atoms with Crippen LogP contribution < -0.4 is 5.32 Å². The summed E-state index contributed by atoms with van der Waals surface area (Å²) in [6.45, 7) is 10.7. The smallest absolute Gasteiger partial charge is 0.0234 e. The zero-order chi connectivity index (χ0) is 13.5. The molecule has 0 saturated carbocycles. The number of likely N-dealkylation sites (tertiary alicyclic amines) is 1. The molecular weight excluding hydrogens is 300 g/mol. The maximum Gasteiger partial charge on any atom is 0.0234 e. The predicted octanol–water partition coefficient (Wildman–Crippen LogP) is 3.27. The lowest BCUT2D eigenvalue weighted by Crippen LogP contribution is -2.60. The molecule has 0 amide bonds. The highest BCUT2D eigenvalue weighted by Crippen LogP contribution is 2.42. The Balaban J connectivity index is 1.75. The molecule has 1 aromatic rings. The van der Waals surface area contributed by atoms with Gasteiger partial charge in [0.1, 0.15) is 0 Å². The molecule has 3 heteroatoms. The summed E-state index contributed by atoms with van der Waals surface area (Å²) in [7, 11) is 0. The normalized spacial score (nSPS) is 35.3. The number of nitrogens with one attached hydrogen (secondary N) is 1. The van der Waals surface area contributed by atoms with Gasteiger partial charge in [0.05, 0.1) is 0 Å². The van der Waals surface area contributed by atoms with Crippen LogP contribution in [0, 0.1) is 10.8 Å². The molecule has 2 unspecified atom stereocenters. The number of piperidine rings is 2. The van der Waals surface area contributed by atoms with Crippen molar-refractivity contribution in [2.24, 2.45) is 10.8 Å². The molecule has 1 N–H and O–H groups in total. The van der Waals surface area contributed by atoms with E-state index in [0.29, 0.717) is 10.8 Å². The van der Waals surface area contributed by atoms with Crippen LogP contribution >= 0.6 is 15.9 Å². The van der Waals surface area contributed by atoms with Crippen LogP contribution in [0.25, 0.3) is 0 Å². The molecule has 2 nitrogen and oxygen atoms in total. The van der Waals surface area contributed by atoms with Crippen LogP contribution in [0.2, 0.25) is 0 Å². The van der Waals surface area contributed by atoms with E-state index >= 15 is 0 Å². The van der Waals surface area contributed by atoms with Crippen molar-refractivity contribution in [1.82, 2.24) is 10.2 Å². The Morgan fingerprint density at radius 2 is 1.89 bits per heavy atom. The van der Waals surface area contributed by atoms with Crippen molar-refractivity contribution >= 4 is 15.9 Å². The number of hydrogen-bond acceptors (Lipinski definition) is 2. The van der Waals surface area contributed by atoms with Crippen LogP contribution in [-0.2, 0) is 6.54 Å². The Bertz CT molecular complexity index is 458. The van der Waals surface area contributed by atoms with E-state index in [1.807, 2.05) is 0 Å². The first kappa shape index (κ1) is 13.6. The summed E-state index contributed by atoms with van der Waals surface area (Å²) in [5.74, 6) is 0. The number of benzene rings is 1. The van der Waals surface area contributed by atoms with Gasteiger partial charge in [-0.15, -0.1) is 0 Å². The van der Waals surface area contributed by atoms with Crippen LogP contribution in [0.15, 0.2) is 28.7 Å². The van der Waals surface area contributed by atoms with E-state index < -0.39 is 0 Å². The molecule has 1 aromatic carbocycles. The maximum atomic E-state index is 3.63. The monoisotopic (exact) mass is 322 g/mol. The third-order valence-corrected chi connectivity index (χ3v) is 4.96. The van der Waals surface area contributed by atoms with Crippen LogP contribution in [0.5, 0.6) is 0 Å². The van der Waals surface area contributed by atoms with Crippen molar-refractivity contribution in [2.45, 2.75) is 26.8 Å². The average molecular weight is 323 g/mol. The zero-order valence-corrected chi connectivity index (χ0v) is 13.5. The topological polar surface area (TPSA) is 15.3 Å². The van der Waals surface area contributed by atoms with E-state index in [-0.39, 0.29) is 0 Å². The highest BCUT2D eigenvalue weighted by molar-refractivity contribution is 9.10. The molecular formula is C16H23BrN2. The third kappa shape index (κ3) is 3.04. The minimum Gasteiger partial charge on any atom is -0.316 e. The first-order chi connectivity index (χ1) is 8.96. The first-order valence-corrected chi connectivity index (χ1v) is 7.93. The summed E-state index contributed by atoms with van der Waals surface area (Å²) >= 11 is 3.57. The number of halogens is 1. The van der Waals surface area contributed by atoms with Crippen LogP contribution in [0.1, 0.15) is 25.8 Å². The Hall–Kier alpha value is -0.380. The number of fused-ring (bicyclic) bond motifs is 2. The van der Waals surface area contributed by atoms with Crippen molar-refractivity contribution in [3.05, 3.63) is 34.3 Å². The minimum absolute atomic E-state index is 0.442. The van der Waals surface area contributed by atoms with Crippen LogP contribution in [-0.4, -0.2) is 31.1 Å². The molecule has 0 spiro atoms. The van der Waals surface area contributed by atoms with Gasteiger partial charge in [0, 0.05) is 37.2 Å². The molecule has 2 heterocycles. The van der Waals surface area contributed by atoms with Gasteiger partial charge >= 0.3 is 0 Å². The number of nitrogens with zero attached hydrogens (tertiary/aromatic N) is 1. The summed E-state index contributed by atoms with van der Waals surface area (Å²) in [5, 5.41) is 3.63. The summed E-state index contributed by atoms with van der Waals surface area (Å²) in [4.78, 5) is 2.64. The molecule has 0 aromatic heterocycles. The summed E-state index contributed by atoms with van der Waals surface area (Å²) in [6, 6.07) is 8.71. The fourth-order valence-electron chi connectivity index (χ4n) is 4.19. The molecule has 0 aliphatic carbocycles. The summed E-state index contributed by atoms with van der Waals surface area (Å²) in [5.41, 5.74) is 2.30. The number of rotatable bonds is 2. The lowest BCUT2D eigenvalue weighted by atomic mass is 9.66. The minimum atomic E-state index is 0.442. The van der Waals surface area contributed by atoms with Gasteiger partial charge < -0.3 is 5.32 Å². The van der Waals surface area contributed by atoms with Crippen molar-refractivity contribution in [3.63, 3.8) is 0 Å². The Morgan fingerprint density at radius 1 is 1.21 bits per heavy atom. The molecule has 2 bridgehead atoms. The largest absolute Gasteiger partial charge is 0.316 e. The van der Waals surface area contributed by atoms with Crippen LogP contribution in [0.3, 0.4) is 0 Å². The maximum absolute atomic E-state index is 3.63. The van der Waals surface area contributed by atoms with Gasteiger partial charge in [-0.1, -0.05) is 41.9 Å². The van der Waals surface area contributed by atoms with E-state index in [1.54, 1.807) is 0 Å². The molecule has 3 rings (SSSR count). The highest BCUT2D eigenvalue weighted by atomic mass is 79.9. The van der Waals surface area contributed by atoms with E-state index in [4.69, 9.17) is 0 Å². The molecule has 104 valence electrons. The van der Waals surface area contributed by atoms with Gasteiger partial charge in [0.15, 0.2) is 0 Å². The Morgan fingerprint density at radius 3 is 2.53 bits per heavy atom. The molecule has 2 aliphatic heterocycles. The fourth-order valence-corrected chi connectivity index (χ4v) is 4.63. The van der Waals surface area contributed by atoms with Gasteiger partial charge in [-0.25, -0.2) is 0 Å². The third-order valence-electron chi connectivity index (χ3n) is 4.46. The quantitative estimate of drug-likeness (QED) is 0.899. The molecule has 0 radical (unpaired) electrons. The van der Waals surface area contributed by atoms with Crippen molar-refractivity contribution in [3.8, 4) is 0 Å². The second-order valence-electron chi connectivity index (χ2n) is 7.18. The van der Waals surface area contributed by atoms with Gasteiger partial charge in [-0.2, -0.15) is 0 Å². The number of hydrogen-bond donors (Lipinski definition) is 1. The molecule has 2 saturated heterocycles. The van der Waals surface area contributed by atoms with E-state index in [0.717, 1.165) is 19.6 Å². The molecule has 19 heavy (non-hydrogen) atoms. The lowest BCUT2D eigenvalue weighted by Gasteiger charge is -2.54. The average Bonchev–Trinajstić information content (AvgIpc) is 2.25. The SMILES string of the molecule is CC12CNCC(C)(CN(Cc3cccc(Br)c3)C1)C2. The van der Waals surface area contributed by atoms with E-state index in [2.05, 4.69) is 64.3 Å². The molecule has 2 fully saturated rings. The van der Waals surface area contributed by atoms with E-state index in [9.17, 15) is 0 Å². The second-order valence-corrected chi connectivity index (χ2v) is 8.09. The van der Waals surface area contributed by atoms with Crippen molar-refractivity contribution in [2.75, 3.05) is 26.2 Å². The summed E-state index contributed by atoms with van der Waals surface area (Å²) < 4.78 is 1.18. The zero-order valence-electron chi connectivity index (χ0n) is 11.9. The molecule has 2 atom stereocenters. The highest BCUT2D eigenvalue weighted by Gasteiger charge is 2.45. The predicted molar refractivity (Wildman–Crippen MR) is 83.1 cm³/mol.